The summed E-state index contributed by atoms with van der Waals surface area (Å²) >= 11 is 0. The standard InChI is InChI=1S/C7H8F3N3O4S2/c8-7(9,10)3-1-2-4(18(12,14)15)5(11)6(3)19(13,16)17/h1-2H,11H2,(H2,12,14,15)(H2,13,16,17). The fourth-order valence-electron chi connectivity index (χ4n) is 1.36. The molecule has 0 aliphatic heterocycles. The number of hydrogen-bond acceptors (Lipinski definition) is 5. The molecule has 0 saturated heterocycles. The van der Waals surface area contributed by atoms with Crippen LogP contribution in [0.5, 0.6) is 0 Å². The molecule has 1 aromatic carbocycles. The molecular weight excluding hydrogens is 311 g/mol. The van der Waals surface area contributed by atoms with Crippen molar-refractivity contribution in [1.29, 1.82) is 0 Å². The normalized spacial score (nSPS) is 13.5. The van der Waals surface area contributed by atoms with Gasteiger partial charge in [0.05, 0.1) is 11.3 Å². The minimum atomic E-state index is -5.08. The Balaban J connectivity index is 3.92. The first kappa shape index (κ1) is 15.7. The lowest BCUT2D eigenvalue weighted by Crippen LogP contribution is -2.23. The number of primary sulfonamides is 2. The van der Waals surface area contributed by atoms with Gasteiger partial charge >= 0.3 is 6.18 Å². The molecule has 0 spiro atoms. The Morgan fingerprint density at radius 1 is 0.947 bits per heavy atom. The SMILES string of the molecule is Nc1c(S(N)(=O)=O)ccc(C(F)(F)F)c1S(N)(=O)=O. The molecule has 6 N–H and O–H groups in total. The zero-order valence-electron chi connectivity index (χ0n) is 8.97. The number of benzene rings is 1. The van der Waals surface area contributed by atoms with E-state index in [0.29, 0.717) is 6.07 Å². The van der Waals surface area contributed by atoms with Crippen LogP contribution in [0.25, 0.3) is 0 Å². The van der Waals surface area contributed by atoms with Crippen LogP contribution < -0.4 is 16.0 Å². The van der Waals surface area contributed by atoms with Gasteiger partial charge in [0.1, 0.15) is 9.79 Å². The molecule has 0 aliphatic rings. The number of halogens is 3. The Morgan fingerprint density at radius 3 is 1.74 bits per heavy atom. The summed E-state index contributed by atoms with van der Waals surface area (Å²) in [5, 5.41) is 9.33. The zero-order valence-corrected chi connectivity index (χ0v) is 10.6. The largest absolute Gasteiger partial charge is 0.417 e. The average Bonchev–Trinajstić information content (AvgIpc) is 2.11. The van der Waals surface area contributed by atoms with Crippen LogP contribution in [0.2, 0.25) is 0 Å². The van der Waals surface area contributed by atoms with Crippen molar-refractivity contribution in [2.24, 2.45) is 10.3 Å². The van der Waals surface area contributed by atoms with E-state index >= 15 is 0 Å². The maximum atomic E-state index is 12.6. The van der Waals surface area contributed by atoms with E-state index in [-0.39, 0.29) is 6.07 Å². The van der Waals surface area contributed by atoms with Crippen LogP contribution in [0, 0.1) is 0 Å². The molecule has 0 heterocycles. The van der Waals surface area contributed by atoms with Crippen molar-refractivity contribution in [1.82, 2.24) is 0 Å². The van der Waals surface area contributed by atoms with Gasteiger partial charge in [-0.1, -0.05) is 0 Å². The second-order valence-electron chi connectivity index (χ2n) is 3.44. The van der Waals surface area contributed by atoms with E-state index in [9.17, 15) is 30.0 Å². The second kappa shape index (κ2) is 4.33. The molecule has 0 fully saturated rings. The Morgan fingerprint density at radius 2 is 1.42 bits per heavy atom. The van der Waals surface area contributed by atoms with E-state index in [1.165, 1.54) is 0 Å². The maximum Gasteiger partial charge on any atom is 0.417 e. The Labute approximate surface area is 106 Å². The van der Waals surface area contributed by atoms with Crippen LogP contribution in [-0.2, 0) is 26.2 Å². The molecule has 19 heavy (non-hydrogen) atoms. The van der Waals surface area contributed by atoms with E-state index in [1.807, 2.05) is 0 Å². The monoisotopic (exact) mass is 319 g/mol. The topological polar surface area (TPSA) is 146 Å². The minimum Gasteiger partial charge on any atom is -0.397 e. The van der Waals surface area contributed by atoms with Crippen LogP contribution in [0.3, 0.4) is 0 Å². The van der Waals surface area contributed by atoms with Crippen molar-refractivity contribution in [2.75, 3.05) is 5.73 Å². The third kappa shape index (κ3) is 3.15. The highest BCUT2D eigenvalue weighted by molar-refractivity contribution is 7.90. The van der Waals surface area contributed by atoms with Gasteiger partial charge in [-0.3, -0.25) is 0 Å². The Kier molecular flexibility index (Phi) is 3.58. The summed E-state index contributed by atoms with van der Waals surface area (Å²) < 4.78 is 82.4. The summed E-state index contributed by atoms with van der Waals surface area (Å²) in [5.74, 6) is 0. The van der Waals surface area contributed by atoms with Crippen LogP contribution >= 0.6 is 0 Å². The van der Waals surface area contributed by atoms with Gasteiger partial charge in [0.15, 0.2) is 0 Å². The zero-order chi connectivity index (χ0) is 15.2. The van der Waals surface area contributed by atoms with Gasteiger partial charge in [0.25, 0.3) is 0 Å². The predicted octanol–water partition coefficient (Wildman–Crippen LogP) is -0.418. The van der Waals surface area contributed by atoms with Crippen molar-refractivity contribution in [3.8, 4) is 0 Å². The number of anilines is 1. The van der Waals surface area contributed by atoms with Gasteiger partial charge in [-0.25, -0.2) is 27.1 Å². The molecule has 0 bridgehead atoms. The first-order valence-electron chi connectivity index (χ1n) is 4.31. The summed E-state index contributed by atoms with van der Waals surface area (Å²) in [6.07, 6.45) is -5.08. The predicted molar refractivity (Wildman–Crippen MR) is 58.6 cm³/mol. The molecule has 0 radical (unpaired) electrons. The quantitative estimate of drug-likeness (QED) is 0.634. The third-order valence-electron chi connectivity index (χ3n) is 2.05. The van der Waals surface area contributed by atoms with E-state index in [4.69, 9.17) is 10.9 Å². The van der Waals surface area contributed by atoms with E-state index in [2.05, 4.69) is 5.14 Å². The second-order valence-corrected chi connectivity index (χ2v) is 6.47. The fourth-order valence-corrected chi connectivity index (χ4v) is 3.00. The summed E-state index contributed by atoms with van der Waals surface area (Å²) in [7, 11) is -9.39. The van der Waals surface area contributed by atoms with Crippen LogP contribution in [0.1, 0.15) is 5.56 Å². The van der Waals surface area contributed by atoms with Gasteiger partial charge in [-0.05, 0) is 12.1 Å². The number of alkyl halides is 3. The molecule has 0 aromatic heterocycles. The molecule has 0 saturated carbocycles. The molecule has 12 heteroatoms. The maximum absolute atomic E-state index is 12.6. The molecule has 0 atom stereocenters. The van der Waals surface area contributed by atoms with Crippen molar-refractivity contribution in [3.63, 3.8) is 0 Å². The van der Waals surface area contributed by atoms with E-state index in [1.54, 1.807) is 0 Å². The Hall–Kier alpha value is -1.37. The average molecular weight is 319 g/mol. The number of sulfonamides is 2. The van der Waals surface area contributed by atoms with E-state index < -0.39 is 47.3 Å². The van der Waals surface area contributed by atoms with Crippen LogP contribution in [0.4, 0.5) is 18.9 Å². The minimum absolute atomic E-state index is 0.232. The van der Waals surface area contributed by atoms with Gasteiger partial charge < -0.3 is 5.73 Å². The van der Waals surface area contributed by atoms with Crippen molar-refractivity contribution in [2.45, 2.75) is 16.0 Å². The lowest BCUT2D eigenvalue weighted by atomic mass is 10.2. The molecule has 1 rings (SSSR count). The lowest BCUT2D eigenvalue weighted by molar-refractivity contribution is -0.139. The lowest BCUT2D eigenvalue weighted by Gasteiger charge is -2.15. The van der Waals surface area contributed by atoms with Gasteiger partial charge in [0, 0.05) is 0 Å². The van der Waals surface area contributed by atoms with Crippen LogP contribution in [-0.4, -0.2) is 16.8 Å². The molecule has 7 nitrogen and oxygen atoms in total. The highest BCUT2D eigenvalue weighted by atomic mass is 32.2. The fraction of sp³-hybridized carbons (Fsp3) is 0.143. The first-order valence-corrected chi connectivity index (χ1v) is 7.41. The van der Waals surface area contributed by atoms with Crippen molar-refractivity contribution in [3.05, 3.63) is 17.7 Å². The molecule has 108 valence electrons. The first-order chi connectivity index (χ1) is 8.26. The molecule has 1 aromatic rings. The summed E-state index contributed by atoms with van der Waals surface area (Å²) in [4.78, 5) is -2.48. The summed E-state index contributed by atoms with van der Waals surface area (Å²) in [6.45, 7) is 0. The van der Waals surface area contributed by atoms with Gasteiger partial charge in [-0.2, -0.15) is 13.2 Å². The molecule has 0 amide bonds. The summed E-state index contributed by atoms with van der Waals surface area (Å²) in [5.41, 5.74) is 2.30. The summed E-state index contributed by atoms with van der Waals surface area (Å²) in [6, 6.07) is 0.692. The van der Waals surface area contributed by atoms with Crippen molar-refractivity contribution < 1.29 is 30.0 Å². The smallest absolute Gasteiger partial charge is 0.397 e. The number of rotatable bonds is 2. The van der Waals surface area contributed by atoms with Gasteiger partial charge in [-0.15, -0.1) is 0 Å². The number of nitrogen functional groups attached to an aromatic ring is 1. The van der Waals surface area contributed by atoms with Gasteiger partial charge in [0.2, 0.25) is 20.0 Å². The molecule has 0 aliphatic carbocycles. The van der Waals surface area contributed by atoms with E-state index in [0.717, 1.165) is 0 Å². The van der Waals surface area contributed by atoms with Crippen LogP contribution in [0.15, 0.2) is 21.9 Å². The molecule has 0 unspecified atom stereocenters. The Bertz CT molecular complexity index is 725. The number of hydrogen-bond donors (Lipinski definition) is 3. The highest BCUT2D eigenvalue weighted by Gasteiger charge is 2.39. The highest BCUT2D eigenvalue weighted by Crippen LogP contribution is 2.38. The molecular formula is C7H8F3N3O4S2. The van der Waals surface area contributed by atoms with Crippen molar-refractivity contribution >= 4 is 25.7 Å². The third-order valence-corrected chi connectivity index (χ3v) is 4.03. The number of nitrogens with two attached hydrogens (primary N) is 3.